The van der Waals surface area contributed by atoms with Crippen molar-refractivity contribution in [3.63, 3.8) is 0 Å². The number of nitrogens with zero attached hydrogens (tertiary/aromatic N) is 4. The van der Waals surface area contributed by atoms with Gasteiger partial charge in [0.1, 0.15) is 0 Å². The monoisotopic (exact) mass is 397 g/mol. The summed E-state index contributed by atoms with van der Waals surface area (Å²) >= 11 is 1.51. The van der Waals surface area contributed by atoms with E-state index in [2.05, 4.69) is 20.7 Å². The number of aryl methyl sites for hydroxylation is 1. The second-order valence-electron chi connectivity index (χ2n) is 6.16. The van der Waals surface area contributed by atoms with Gasteiger partial charge in [0.05, 0.1) is 0 Å². The molecule has 1 aliphatic rings. The lowest BCUT2D eigenvalue weighted by Crippen LogP contribution is -2.21. The highest BCUT2D eigenvalue weighted by molar-refractivity contribution is 7.08. The fourth-order valence-corrected chi connectivity index (χ4v) is 3.40. The van der Waals surface area contributed by atoms with Crippen LogP contribution in [0.25, 0.3) is 11.4 Å². The molecule has 0 saturated heterocycles. The molecule has 1 N–H and O–H groups in total. The summed E-state index contributed by atoms with van der Waals surface area (Å²) < 4.78 is 5.04. The van der Waals surface area contributed by atoms with Crippen LogP contribution in [0.1, 0.15) is 22.3 Å². The summed E-state index contributed by atoms with van der Waals surface area (Å²) in [6.45, 7) is -0.614. The van der Waals surface area contributed by atoms with Crippen molar-refractivity contribution in [2.75, 3.05) is 11.9 Å². The van der Waals surface area contributed by atoms with Crippen molar-refractivity contribution in [1.82, 2.24) is 20.2 Å². The van der Waals surface area contributed by atoms with Crippen LogP contribution in [0.15, 0.2) is 35.0 Å². The van der Waals surface area contributed by atoms with Crippen LogP contribution in [-0.4, -0.2) is 44.5 Å². The number of ether oxygens (including phenoxy) is 1. The molecule has 0 saturated carbocycles. The number of esters is 1. The lowest BCUT2D eigenvalue weighted by molar-refractivity contribution is -0.143. The molecule has 0 bridgehead atoms. The number of amides is 1. The van der Waals surface area contributed by atoms with Crippen molar-refractivity contribution in [1.29, 1.82) is 0 Å². The van der Waals surface area contributed by atoms with Gasteiger partial charge in [-0.1, -0.05) is 0 Å². The first-order valence-corrected chi connectivity index (χ1v) is 9.45. The standard InChI is InChI=1S/C18H15N5O4S/c24-15(12-1-3-14-11(7-12)2-4-16(25)19-14)9-27-17(26)8-23-21-18(20-22-23)13-5-6-28-10-13/h1,3,5-7,10H,2,4,8-9H2,(H,19,25). The Morgan fingerprint density at radius 1 is 1.25 bits per heavy atom. The number of fused-ring (bicyclic) bond motifs is 1. The van der Waals surface area contributed by atoms with E-state index in [4.69, 9.17) is 4.74 Å². The van der Waals surface area contributed by atoms with Crippen LogP contribution in [-0.2, 0) is 27.3 Å². The maximum atomic E-state index is 12.3. The minimum absolute atomic E-state index is 0.0376. The number of ketones is 1. The Labute approximate surface area is 163 Å². The second kappa shape index (κ2) is 7.69. The van der Waals surface area contributed by atoms with Gasteiger partial charge in [0, 0.05) is 28.6 Å². The molecule has 3 heterocycles. The Kier molecular flexibility index (Phi) is 4.94. The fraction of sp³-hybridized carbons (Fsp3) is 0.222. The highest BCUT2D eigenvalue weighted by Crippen LogP contribution is 2.23. The Balaban J connectivity index is 1.32. The molecule has 0 atom stereocenters. The zero-order valence-electron chi connectivity index (χ0n) is 14.6. The summed E-state index contributed by atoms with van der Waals surface area (Å²) in [6, 6.07) is 6.86. The Morgan fingerprint density at radius 3 is 2.96 bits per heavy atom. The third kappa shape index (κ3) is 3.96. The minimum atomic E-state index is -0.632. The molecule has 10 heteroatoms. The van der Waals surface area contributed by atoms with E-state index in [9.17, 15) is 14.4 Å². The van der Waals surface area contributed by atoms with E-state index in [0.717, 1.165) is 15.9 Å². The number of Topliss-reactive ketones (excluding diaryl/α,β-unsaturated/α-hetero) is 1. The predicted octanol–water partition coefficient (Wildman–Crippen LogP) is 1.71. The van der Waals surface area contributed by atoms with Crippen molar-refractivity contribution in [2.24, 2.45) is 0 Å². The van der Waals surface area contributed by atoms with Crippen LogP contribution >= 0.6 is 11.3 Å². The molecule has 0 aliphatic carbocycles. The highest BCUT2D eigenvalue weighted by Gasteiger charge is 2.18. The summed E-state index contributed by atoms with van der Waals surface area (Å²) in [6.07, 6.45) is 0.963. The molecule has 0 fully saturated rings. The number of hydrogen-bond acceptors (Lipinski definition) is 8. The lowest BCUT2D eigenvalue weighted by Gasteiger charge is -2.17. The van der Waals surface area contributed by atoms with E-state index in [1.54, 1.807) is 18.2 Å². The molecule has 142 valence electrons. The van der Waals surface area contributed by atoms with Gasteiger partial charge in [-0.05, 0) is 46.8 Å². The van der Waals surface area contributed by atoms with Crippen molar-refractivity contribution in [3.8, 4) is 11.4 Å². The van der Waals surface area contributed by atoms with Gasteiger partial charge in [-0.3, -0.25) is 9.59 Å². The molecule has 0 unspecified atom stereocenters. The summed E-state index contributed by atoms with van der Waals surface area (Å²) in [5.74, 6) is -0.568. The summed E-state index contributed by atoms with van der Waals surface area (Å²) in [5, 5.41) is 18.3. The molecule has 1 amide bonds. The Hall–Kier alpha value is -3.40. The average molecular weight is 397 g/mol. The summed E-state index contributed by atoms with van der Waals surface area (Å²) in [4.78, 5) is 36.8. The van der Waals surface area contributed by atoms with E-state index < -0.39 is 5.97 Å². The number of tetrazole rings is 1. The molecule has 28 heavy (non-hydrogen) atoms. The number of carbonyl (C=O) groups is 3. The van der Waals surface area contributed by atoms with Crippen LogP contribution in [0, 0.1) is 0 Å². The van der Waals surface area contributed by atoms with Gasteiger partial charge in [0.2, 0.25) is 11.7 Å². The van der Waals surface area contributed by atoms with Crippen molar-refractivity contribution < 1.29 is 19.1 Å². The van der Waals surface area contributed by atoms with Gasteiger partial charge in [-0.15, -0.1) is 10.2 Å². The normalized spacial score (nSPS) is 12.9. The average Bonchev–Trinajstić information content (AvgIpc) is 3.37. The van der Waals surface area contributed by atoms with Crippen LogP contribution < -0.4 is 5.32 Å². The summed E-state index contributed by atoms with van der Waals surface area (Å²) in [5.41, 5.74) is 2.86. The number of hydrogen-bond donors (Lipinski definition) is 1. The van der Waals surface area contributed by atoms with E-state index >= 15 is 0 Å². The van der Waals surface area contributed by atoms with Crippen molar-refractivity contribution >= 4 is 34.7 Å². The molecule has 1 aliphatic heterocycles. The van der Waals surface area contributed by atoms with E-state index in [-0.39, 0.29) is 24.8 Å². The first-order valence-electron chi connectivity index (χ1n) is 8.50. The second-order valence-corrected chi connectivity index (χ2v) is 6.94. The third-order valence-corrected chi connectivity index (χ3v) is 4.87. The van der Waals surface area contributed by atoms with Crippen LogP contribution in [0.5, 0.6) is 0 Å². The van der Waals surface area contributed by atoms with Gasteiger partial charge < -0.3 is 10.1 Å². The van der Waals surface area contributed by atoms with Crippen molar-refractivity contribution in [3.05, 3.63) is 46.2 Å². The number of rotatable bonds is 6. The quantitative estimate of drug-likeness (QED) is 0.497. The SMILES string of the molecule is O=C1CCc2cc(C(=O)COC(=O)Cn3nnc(-c4ccsc4)n3)ccc2N1. The first-order chi connectivity index (χ1) is 13.6. The maximum Gasteiger partial charge on any atom is 0.330 e. The van der Waals surface area contributed by atoms with Gasteiger partial charge in [-0.25, -0.2) is 4.79 Å². The maximum absolute atomic E-state index is 12.3. The van der Waals surface area contributed by atoms with Crippen LogP contribution in [0.3, 0.4) is 0 Å². The third-order valence-electron chi connectivity index (χ3n) is 4.19. The Bertz CT molecular complexity index is 1040. The number of anilines is 1. The zero-order valence-corrected chi connectivity index (χ0v) is 15.4. The van der Waals surface area contributed by atoms with Crippen molar-refractivity contribution in [2.45, 2.75) is 19.4 Å². The molecule has 0 radical (unpaired) electrons. The van der Waals surface area contributed by atoms with Gasteiger partial charge >= 0.3 is 5.97 Å². The topological polar surface area (TPSA) is 116 Å². The molecule has 3 aromatic rings. The van der Waals surface area contributed by atoms with E-state index in [1.807, 2.05) is 16.8 Å². The number of carbonyl (C=O) groups excluding carboxylic acids is 3. The largest absolute Gasteiger partial charge is 0.456 e. The number of benzene rings is 1. The minimum Gasteiger partial charge on any atom is -0.456 e. The number of nitrogens with one attached hydrogen (secondary N) is 1. The molecule has 9 nitrogen and oxygen atoms in total. The van der Waals surface area contributed by atoms with E-state index in [1.165, 1.54) is 11.3 Å². The molecule has 1 aromatic carbocycles. The first kappa shape index (κ1) is 18.0. The summed E-state index contributed by atoms with van der Waals surface area (Å²) in [7, 11) is 0. The molecule has 0 spiro atoms. The van der Waals surface area contributed by atoms with Crippen LogP contribution in [0.2, 0.25) is 0 Å². The Morgan fingerprint density at radius 2 is 2.14 bits per heavy atom. The molecule has 2 aromatic heterocycles. The smallest absolute Gasteiger partial charge is 0.330 e. The van der Waals surface area contributed by atoms with E-state index in [0.29, 0.717) is 29.9 Å². The van der Waals surface area contributed by atoms with Gasteiger partial charge in [-0.2, -0.15) is 16.1 Å². The predicted molar refractivity (Wildman–Crippen MR) is 99.8 cm³/mol. The number of aromatic nitrogens is 4. The molecular weight excluding hydrogens is 382 g/mol. The van der Waals surface area contributed by atoms with Gasteiger partial charge in [0.15, 0.2) is 18.9 Å². The van der Waals surface area contributed by atoms with Gasteiger partial charge in [0.25, 0.3) is 0 Å². The van der Waals surface area contributed by atoms with Crippen LogP contribution in [0.4, 0.5) is 5.69 Å². The number of thiophene rings is 1. The molecular formula is C18H15N5O4S. The molecule has 4 rings (SSSR count). The fourth-order valence-electron chi connectivity index (χ4n) is 2.76. The lowest BCUT2D eigenvalue weighted by atomic mass is 9.99. The zero-order chi connectivity index (χ0) is 19.5. The highest BCUT2D eigenvalue weighted by atomic mass is 32.1.